The Balaban J connectivity index is 1.72. The van der Waals surface area contributed by atoms with Crippen molar-refractivity contribution in [2.45, 2.75) is 30.6 Å². The molecular weight excluding hydrogens is 388 g/mol. The van der Waals surface area contributed by atoms with Gasteiger partial charge in [0, 0.05) is 22.6 Å². The highest BCUT2D eigenvalue weighted by atomic mass is 32.2. The summed E-state index contributed by atoms with van der Waals surface area (Å²) in [7, 11) is 0. The lowest BCUT2D eigenvalue weighted by Gasteiger charge is -2.20. The molecule has 1 fully saturated rings. The monoisotopic (exact) mass is 409 g/mol. The van der Waals surface area contributed by atoms with E-state index in [1.165, 1.54) is 11.6 Å². The molecule has 0 bridgehead atoms. The lowest BCUT2D eigenvalue weighted by atomic mass is 10.0. The Labute approximate surface area is 166 Å². The molecule has 1 amide bonds. The van der Waals surface area contributed by atoms with Gasteiger partial charge in [0.15, 0.2) is 0 Å². The van der Waals surface area contributed by atoms with Crippen molar-refractivity contribution in [2.24, 2.45) is 0 Å². The molecule has 27 heavy (non-hydrogen) atoms. The van der Waals surface area contributed by atoms with E-state index in [0.29, 0.717) is 22.1 Å². The van der Waals surface area contributed by atoms with E-state index in [0.717, 1.165) is 11.5 Å². The number of alkyl halides is 2. The van der Waals surface area contributed by atoms with Crippen LogP contribution < -0.4 is 10.1 Å². The first kappa shape index (κ1) is 20.0. The third kappa shape index (κ3) is 5.17. The second-order valence-corrected chi connectivity index (χ2v) is 8.77. The number of hydrogen-bond donors (Lipinski definition) is 1. The van der Waals surface area contributed by atoms with Gasteiger partial charge in [0.25, 0.3) is 5.91 Å². The van der Waals surface area contributed by atoms with Gasteiger partial charge in [0.05, 0.1) is 10.6 Å². The van der Waals surface area contributed by atoms with E-state index in [4.69, 9.17) is 0 Å². The van der Waals surface area contributed by atoms with Gasteiger partial charge in [-0.1, -0.05) is 37.3 Å². The van der Waals surface area contributed by atoms with Crippen molar-refractivity contribution >= 4 is 29.4 Å². The fourth-order valence-corrected chi connectivity index (χ4v) is 5.81. The highest BCUT2D eigenvalue weighted by molar-refractivity contribution is 8.19. The number of nitrogens with one attached hydrogen (secondary N) is 1. The zero-order valence-electron chi connectivity index (χ0n) is 14.9. The van der Waals surface area contributed by atoms with E-state index in [-0.39, 0.29) is 11.7 Å². The molecule has 1 atom stereocenters. The molecule has 1 saturated heterocycles. The van der Waals surface area contributed by atoms with Crippen LogP contribution in [0.2, 0.25) is 0 Å². The average Bonchev–Trinajstić information content (AvgIpc) is 3.21. The molecule has 0 saturated carbocycles. The predicted octanol–water partition coefficient (Wildman–Crippen LogP) is 5.65. The van der Waals surface area contributed by atoms with Gasteiger partial charge in [-0.2, -0.15) is 8.78 Å². The average molecular weight is 410 g/mol. The number of para-hydroxylation sites is 1. The second kappa shape index (κ2) is 9.46. The second-order valence-electron chi connectivity index (χ2n) is 6.05. The van der Waals surface area contributed by atoms with Crippen molar-refractivity contribution in [3.05, 3.63) is 65.2 Å². The van der Waals surface area contributed by atoms with Gasteiger partial charge >= 0.3 is 6.61 Å². The maximum Gasteiger partial charge on any atom is 0.387 e. The van der Waals surface area contributed by atoms with Crippen LogP contribution >= 0.6 is 23.5 Å². The number of ether oxygens (including phenoxy) is 1. The first-order chi connectivity index (χ1) is 13.1. The molecule has 2 aromatic rings. The highest BCUT2D eigenvalue weighted by Crippen LogP contribution is 2.45. The number of amides is 1. The molecule has 3 nitrogen and oxygen atoms in total. The Hall–Kier alpha value is -1.73. The van der Waals surface area contributed by atoms with Gasteiger partial charge < -0.3 is 10.1 Å². The fourth-order valence-electron chi connectivity index (χ4n) is 2.96. The predicted molar refractivity (Wildman–Crippen MR) is 108 cm³/mol. The Morgan fingerprint density at radius 2 is 1.81 bits per heavy atom. The topological polar surface area (TPSA) is 38.3 Å². The maximum absolute atomic E-state index is 12.6. The molecule has 1 N–H and O–H groups in total. The molecule has 1 heterocycles. The summed E-state index contributed by atoms with van der Waals surface area (Å²) in [5.41, 5.74) is 2.31. The van der Waals surface area contributed by atoms with E-state index in [1.54, 1.807) is 18.2 Å². The van der Waals surface area contributed by atoms with E-state index < -0.39 is 12.7 Å². The normalized spacial score (nSPS) is 15.7. The van der Waals surface area contributed by atoms with E-state index in [1.807, 2.05) is 54.7 Å². The zero-order chi connectivity index (χ0) is 19.2. The minimum absolute atomic E-state index is 0.0882. The van der Waals surface area contributed by atoms with Crippen molar-refractivity contribution in [1.82, 2.24) is 5.32 Å². The van der Waals surface area contributed by atoms with E-state index in [2.05, 4.69) is 10.1 Å². The number of halogens is 2. The van der Waals surface area contributed by atoms with Gasteiger partial charge in [0.1, 0.15) is 5.75 Å². The largest absolute Gasteiger partial charge is 0.434 e. The number of thioether (sulfide) groups is 2. The van der Waals surface area contributed by atoms with E-state index in [9.17, 15) is 13.6 Å². The van der Waals surface area contributed by atoms with Gasteiger partial charge in [-0.25, -0.2) is 0 Å². The van der Waals surface area contributed by atoms with Crippen molar-refractivity contribution in [3.63, 3.8) is 0 Å². The summed E-state index contributed by atoms with van der Waals surface area (Å²) >= 11 is 3.83. The molecule has 1 unspecified atom stereocenters. The lowest BCUT2D eigenvalue weighted by Crippen LogP contribution is -2.28. The summed E-state index contributed by atoms with van der Waals surface area (Å²) in [5, 5.41) is 2.93. The summed E-state index contributed by atoms with van der Waals surface area (Å²) in [4.78, 5) is 12.6. The smallest absolute Gasteiger partial charge is 0.387 e. The van der Waals surface area contributed by atoms with Crippen LogP contribution in [-0.4, -0.2) is 24.0 Å². The van der Waals surface area contributed by atoms with Gasteiger partial charge in [-0.3, -0.25) is 4.79 Å². The molecule has 144 valence electrons. The molecule has 2 aromatic carbocycles. The molecule has 0 aromatic heterocycles. The summed E-state index contributed by atoms with van der Waals surface area (Å²) < 4.78 is 30.3. The van der Waals surface area contributed by atoms with Crippen molar-refractivity contribution in [1.29, 1.82) is 0 Å². The Kier molecular flexibility index (Phi) is 7.01. The van der Waals surface area contributed by atoms with Crippen molar-refractivity contribution < 1.29 is 18.3 Å². The van der Waals surface area contributed by atoms with Crippen LogP contribution in [-0.2, 0) is 0 Å². The summed E-state index contributed by atoms with van der Waals surface area (Å²) in [6.07, 6.45) is 0.558. The minimum Gasteiger partial charge on any atom is -0.434 e. The maximum atomic E-state index is 12.6. The molecule has 3 rings (SSSR count). The third-order valence-corrected chi connectivity index (χ3v) is 7.40. The molecule has 7 heteroatoms. The van der Waals surface area contributed by atoms with Crippen LogP contribution in [0, 0.1) is 0 Å². The first-order valence-electron chi connectivity index (χ1n) is 8.76. The standard InChI is InChI=1S/C20H21F2NO2S2/c1-2-16(15-5-3-4-6-17(15)25-20(21)22)23-18(24)13-7-9-14(10-8-13)19-26-11-12-27-19/h3-10,16,19-20H,2,11-12H2,1H3,(H,23,24). The van der Waals surface area contributed by atoms with Gasteiger partial charge in [-0.05, 0) is 30.2 Å². The van der Waals surface area contributed by atoms with E-state index >= 15 is 0 Å². The molecular formula is C20H21F2NO2S2. The Morgan fingerprint density at radius 1 is 1.15 bits per heavy atom. The SMILES string of the molecule is CCC(NC(=O)c1ccc(C2SCCS2)cc1)c1ccccc1OC(F)F. The van der Waals surface area contributed by atoms with Crippen LogP contribution in [0.3, 0.4) is 0 Å². The first-order valence-corrected chi connectivity index (χ1v) is 10.9. The zero-order valence-corrected chi connectivity index (χ0v) is 16.5. The summed E-state index contributed by atoms with van der Waals surface area (Å²) in [5.74, 6) is 2.16. The Morgan fingerprint density at radius 3 is 2.44 bits per heavy atom. The number of benzene rings is 2. The molecule has 1 aliphatic rings. The lowest BCUT2D eigenvalue weighted by molar-refractivity contribution is -0.0506. The highest BCUT2D eigenvalue weighted by Gasteiger charge is 2.21. The van der Waals surface area contributed by atoms with Gasteiger partial charge in [-0.15, -0.1) is 23.5 Å². The number of rotatable bonds is 7. The fraction of sp³-hybridized carbons (Fsp3) is 0.350. The number of carbonyl (C=O) groups is 1. The van der Waals surface area contributed by atoms with Crippen LogP contribution in [0.15, 0.2) is 48.5 Å². The number of hydrogen-bond acceptors (Lipinski definition) is 4. The quantitative estimate of drug-likeness (QED) is 0.642. The van der Waals surface area contributed by atoms with Crippen LogP contribution in [0.1, 0.15) is 45.5 Å². The third-order valence-electron chi connectivity index (χ3n) is 4.29. The molecule has 0 aliphatic carbocycles. The molecule has 0 radical (unpaired) electrons. The van der Waals surface area contributed by atoms with Crippen molar-refractivity contribution in [2.75, 3.05) is 11.5 Å². The summed E-state index contributed by atoms with van der Waals surface area (Å²) in [6.45, 7) is -1.01. The summed E-state index contributed by atoms with van der Waals surface area (Å²) in [6, 6.07) is 13.8. The molecule has 0 spiro atoms. The van der Waals surface area contributed by atoms with Crippen LogP contribution in [0.4, 0.5) is 8.78 Å². The number of carbonyl (C=O) groups excluding carboxylic acids is 1. The Bertz CT molecular complexity index is 765. The minimum atomic E-state index is -2.90. The molecule has 1 aliphatic heterocycles. The van der Waals surface area contributed by atoms with Gasteiger partial charge in [0.2, 0.25) is 0 Å². The van der Waals surface area contributed by atoms with Crippen LogP contribution in [0.5, 0.6) is 5.75 Å². The van der Waals surface area contributed by atoms with Crippen LogP contribution in [0.25, 0.3) is 0 Å². The van der Waals surface area contributed by atoms with Crippen molar-refractivity contribution in [3.8, 4) is 5.75 Å².